The number of carboxylic acids is 3. The molecule has 0 spiro atoms. The van der Waals surface area contributed by atoms with Crippen molar-refractivity contribution in [3.05, 3.63) is 0 Å². The Balaban J connectivity index is 5.91. The summed E-state index contributed by atoms with van der Waals surface area (Å²) < 4.78 is 0. The van der Waals surface area contributed by atoms with Crippen molar-refractivity contribution in [2.45, 2.75) is 88.0 Å². The Labute approximate surface area is 274 Å². The summed E-state index contributed by atoms with van der Waals surface area (Å²) in [5, 5.41) is 36.7. The van der Waals surface area contributed by atoms with Gasteiger partial charge in [0, 0.05) is 25.8 Å². The van der Waals surface area contributed by atoms with Gasteiger partial charge in [0.1, 0.15) is 24.2 Å². The maximum Gasteiger partial charge on any atom is 0.326 e. The van der Waals surface area contributed by atoms with E-state index in [1.165, 1.54) is 11.8 Å². The molecule has 266 valence electrons. The van der Waals surface area contributed by atoms with Crippen LogP contribution in [0, 0.1) is 0 Å². The van der Waals surface area contributed by atoms with Gasteiger partial charge in [-0.15, -0.1) is 0 Å². The molecule has 20 nitrogen and oxygen atoms in total. The lowest BCUT2D eigenvalue weighted by atomic mass is 10.1. The molecule has 21 heteroatoms. The number of guanidine groups is 1. The maximum atomic E-state index is 13.3. The molecule has 0 aromatic rings. The SMILES string of the molecule is CSCC[C@@H](NC(=O)[C@H](CCC(N)=O)NC(=O)[C@@H](N)CCCN=C(N)N)C(=O)N[C@@H](CCC(=O)O)C(=O)N[C@@H](CCC(=O)O)C(=O)O. The fraction of sp³-hybridized carbons (Fsp3) is 0.654. The predicted molar refractivity (Wildman–Crippen MR) is 168 cm³/mol. The van der Waals surface area contributed by atoms with Gasteiger partial charge in [0.25, 0.3) is 0 Å². The number of rotatable bonds is 25. The monoisotopic (exact) mass is 691 g/mol. The average Bonchev–Trinajstić information content (AvgIpc) is 2.98. The second-order valence-electron chi connectivity index (χ2n) is 10.3. The number of carboxylic acid groups (broad SMARTS) is 3. The van der Waals surface area contributed by atoms with Crippen LogP contribution in [0.2, 0.25) is 0 Å². The quantitative estimate of drug-likeness (QED) is 0.0248. The van der Waals surface area contributed by atoms with E-state index in [9.17, 15) is 43.5 Å². The zero-order valence-electron chi connectivity index (χ0n) is 25.9. The molecule has 5 atom stereocenters. The molecule has 0 aromatic heterocycles. The largest absolute Gasteiger partial charge is 0.481 e. The Bertz CT molecular complexity index is 1150. The van der Waals surface area contributed by atoms with Gasteiger partial charge in [-0.2, -0.15) is 11.8 Å². The maximum absolute atomic E-state index is 13.3. The van der Waals surface area contributed by atoms with Crippen LogP contribution in [0.1, 0.15) is 57.8 Å². The van der Waals surface area contributed by atoms with Crippen LogP contribution in [-0.2, 0) is 38.4 Å². The second-order valence-corrected chi connectivity index (χ2v) is 11.3. The molecule has 0 bridgehead atoms. The Morgan fingerprint density at radius 2 is 1.06 bits per heavy atom. The van der Waals surface area contributed by atoms with Crippen LogP contribution in [-0.4, -0.2) is 117 Å². The summed E-state index contributed by atoms with van der Waals surface area (Å²) in [6.07, 6.45) is -0.527. The van der Waals surface area contributed by atoms with E-state index >= 15 is 0 Å². The molecule has 0 aliphatic rings. The van der Waals surface area contributed by atoms with E-state index < -0.39 is 103 Å². The van der Waals surface area contributed by atoms with Crippen molar-refractivity contribution in [1.29, 1.82) is 0 Å². The third-order valence-corrected chi connectivity index (χ3v) is 7.05. The molecule has 0 aliphatic heterocycles. The van der Waals surface area contributed by atoms with Crippen molar-refractivity contribution in [2.75, 3.05) is 18.6 Å². The van der Waals surface area contributed by atoms with Crippen LogP contribution in [0.3, 0.4) is 0 Å². The van der Waals surface area contributed by atoms with Crippen LogP contribution >= 0.6 is 11.8 Å². The number of hydrogen-bond donors (Lipinski definition) is 11. The van der Waals surface area contributed by atoms with Gasteiger partial charge in [0.15, 0.2) is 5.96 Å². The van der Waals surface area contributed by atoms with E-state index in [4.69, 9.17) is 33.1 Å². The molecule has 5 amide bonds. The van der Waals surface area contributed by atoms with Gasteiger partial charge in [-0.05, 0) is 50.5 Å². The number of nitrogens with zero attached hydrogens (tertiary/aromatic N) is 1. The number of aliphatic carboxylic acids is 3. The van der Waals surface area contributed by atoms with E-state index in [1.807, 2.05) is 0 Å². The summed E-state index contributed by atoms with van der Waals surface area (Å²) in [7, 11) is 0. The molecule has 0 heterocycles. The third-order valence-electron chi connectivity index (χ3n) is 6.40. The normalized spacial score (nSPS) is 13.8. The highest BCUT2D eigenvalue weighted by Crippen LogP contribution is 2.08. The number of amides is 5. The number of nitrogens with one attached hydrogen (secondary N) is 4. The molecule has 0 fully saturated rings. The molecule has 0 aromatic carbocycles. The number of hydrogen-bond acceptors (Lipinski definition) is 11. The summed E-state index contributed by atoms with van der Waals surface area (Å²) in [6, 6.07) is -7.01. The van der Waals surface area contributed by atoms with Gasteiger partial charge >= 0.3 is 17.9 Å². The van der Waals surface area contributed by atoms with Gasteiger partial charge in [-0.3, -0.25) is 38.6 Å². The number of aliphatic imine (C=N–C) groups is 1. The Kier molecular flexibility index (Phi) is 20.5. The van der Waals surface area contributed by atoms with Gasteiger partial charge in [-0.1, -0.05) is 0 Å². The molecular weight excluding hydrogens is 646 g/mol. The van der Waals surface area contributed by atoms with Crippen molar-refractivity contribution in [3.63, 3.8) is 0 Å². The standard InChI is InChI=1S/C26H45N9O11S/c1-47-12-10-16(24(44)33-15(5-8-19(37)38)23(43)35-17(25(45)46)6-9-20(39)40)34-22(42)14(4-7-18(28)36)32-21(41)13(27)3-2-11-31-26(29)30/h13-17H,2-12,27H2,1H3,(H2,28,36)(H,32,41)(H,33,44)(H,34,42)(H,35,43)(H,37,38)(H,39,40)(H,45,46)(H4,29,30,31)/t13-,14-,15-,16+,17-/m0/s1. The van der Waals surface area contributed by atoms with Crippen molar-refractivity contribution >= 4 is 65.2 Å². The first-order valence-electron chi connectivity index (χ1n) is 14.4. The van der Waals surface area contributed by atoms with Crippen molar-refractivity contribution in [3.8, 4) is 0 Å². The van der Waals surface area contributed by atoms with Gasteiger partial charge in [0.2, 0.25) is 29.5 Å². The van der Waals surface area contributed by atoms with Crippen molar-refractivity contribution in [1.82, 2.24) is 21.3 Å². The third kappa shape index (κ3) is 19.5. The lowest BCUT2D eigenvalue weighted by Crippen LogP contribution is -2.58. The number of carbonyl (C=O) groups excluding carboxylic acids is 5. The van der Waals surface area contributed by atoms with E-state index in [2.05, 4.69) is 26.3 Å². The Morgan fingerprint density at radius 1 is 0.638 bits per heavy atom. The molecular formula is C26H45N9O11S. The Morgan fingerprint density at radius 3 is 1.49 bits per heavy atom. The summed E-state index contributed by atoms with van der Waals surface area (Å²) in [4.78, 5) is 101. The number of carbonyl (C=O) groups is 8. The molecule has 0 unspecified atom stereocenters. The zero-order chi connectivity index (χ0) is 36.1. The summed E-state index contributed by atoms with van der Waals surface area (Å²) >= 11 is 1.31. The molecule has 0 saturated heterocycles. The van der Waals surface area contributed by atoms with Crippen LogP contribution in [0.5, 0.6) is 0 Å². The smallest absolute Gasteiger partial charge is 0.326 e. The first kappa shape index (κ1) is 42.3. The van der Waals surface area contributed by atoms with Crippen molar-refractivity contribution in [2.24, 2.45) is 27.9 Å². The molecule has 0 saturated carbocycles. The van der Waals surface area contributed by atoms with Gasteiger partial charge < -0.3 is 59.5 Å². The summed E-state index contributed by atoms with van der Waals surface area (Å²) in [5.41, 5.74) is 21.6. The fourth-order valence-corrected chi connectivity index (χ4v) is 4.34. The first-order chi connectivity index (χ1) is 22.0. The van der Waals surface area contributed by atoms with Crippen molar-refractivity contribution < 1.29 is 53.7 Å². The summed E-state index contributed by atoms with van der Waals surface area (Å²) in [6.45, 7) is 0.200. The van der Waals surface area contributed by atoms with Crippen LogP contribution < -0.4 is 44.2 Å². The van der Waals surface area contributed by atoms with Crippen LogP contribution in [0.4, 0.5) is 0 Å². The molecule has 0 aliphatic carbocycles. The predicted octanol–water partition coefficient (Wildman–Crippen LogP) is -3.86. The highest BCUT2D eigenvalue weighted by Gasteiger charge is 2.32. The first-order valence-corrected chi connectivity index (χ1v) is 15.8. The minimum atomic E-state index is -1.65. The van der Waals surface area contributed by atoms with Crippen LogP contribution in [0.25, 0.3) is 0 Å². The van der Waals surface area contributed by atoms with Crippen LogP contribution in [0.15, 0.2) is 4.99 Å². The summed E-state index contributed by atoms with van der Waals surface area (Å²) in [5.74, 6) is -8.45. The van der Waals surface area contributed by atoms with E-state index in [0.29, 0.717) is 12.2 Å². The topological polar surface area (TPSA) is 362 Å². The zero-order valence-corrected chi connectivity index (χ0v) is 26.8. The minimum absolute atomic E-state index is 0.00314. The fourth-order valence-electron chi connectivity index (χ4n) is 3.87. The molecule has 47 heavy (non-hydrogen) atoms. The van der Waals surface area contributed by atoms with E-state index in [0.717, 1.165) is 0 Å². The lowest BCUT2D eigenvalue weighted by Gasteiger charge is -2.26. The van der Waals surface area contributed by atoms with Gasteiger partial charge in [0.05, 0.1) is 6.04 Å². The molecule has 0 radical (unpaired) electrons. The molecule has 0 rings (SSSR count). The molecule has 15 N–H and O–H groups in total. The lowest BCUT2D eigenvalue weighted by molar-refractivity contribution is -0.144. The number of primary amides is 1. The van der Waals surface area contributed by atoms with Gasteiger partial charge in [-0.25, -0.2) is 4.79 Å². The Hall–Kier alpha value is -4.66. The average molecular weight is 692 g/mol. The highest BCUT2D eigenvalue weighted by molar-refractivity contribution is 7.98. The second kappa shape index (κ2) is 22.8. The van der Waals surface area contributed by atoms with E-state index in [1.54, 1.807) is 6.26 Å². The van der Waals surface area contributed by atoms with E-state index in [-0.39, 0.29) is 38.2 Å². The number of nitrogens with two attached hydrogens (primary N) is 4. The number of thioether (sulfide) groups is 1. The highest BCUT2D eigenvalue weighted by atomic mass is 32.2. The minimum Gasteiger partial charge on any atom is -0.481 e.